The molecule has 0 radical (unpaired) electrons. The van der Waals surface area contributed by atoms with E-state index in [2.05, 4.69) is 18.8 Å². The lowest BCUT2D eigenvalue weighted by Crippen LogP contribution is -2.10. The van der Waals surface area contributed by atoms with E-state index >= 15 is 0 Å². The van der Waals surface area contributed by atoms with Gasteiger partial charge in [-0.15, -0.1) is 0 Å². The molecule has 0 saturated heterocycles. The van der Waals surface area contributed by atoms with Gasteiger partial charge in [0.2, 0.25) is 5.95 Å². The Morgan fingerprint density at radius 2 is 1.90 bits per heavy atom. The summed E-state index contributed by atoms with van der Waals surface area (Å²) in [5.74, 6) is -0.870. The fourth-order valence-electron chi connectivity index (χ4n) is 2.54. The molecule has 5 heteroatoms. The number of hydrogen-bond acceptors (Lipinski definition) is 2. The number of fused-ring (bicyclic) bond motifs is 1. The Morgan fingerprint density at radius 3 is 2.55 bits per heavy atom. The van der Waals surface area contributed by atoms with E-state index in [-0.39, 0.29) is 17.5 Å². The van der Waals surface area contributed by atoms with Crippen LogP contribution in [0.4, 0.5) is 14.7 Å². The van der Waals surface area contributed by atoms with Crippen LogP contribution in [-0.4, -0.2) is 9.55 Å². The van der Waals surface area contributed by atoms with Gasteiger partial charge < -0.3 is 10.3 Å². The van der Waals surface area contributed by atoms with Gasteiger partial charge in [-0.05, 0) is 31.4 Å². The number of nitrogen functional groups attached to an aromatic ring is 1. The van der Waals surface area contributed by atoms with Crippen LogP contribution >= 0.6 is 0 Å². The van der Waals surface area contributed by atoms with Crippen molar-refractivity contribution in [1.82, 2.24) is 9.55 Å². The molecule has 0 fully saturated rings. The molecule has 1 atom stereocenters. The molecule has 20 heavy (non-hydrogen) atoms. The standard InChI is InChI=1S/C15H21F2N3/c1-9(2)5-4-6-10(3)20-14-12(19-15(20)18)8-7-11(16)13(14)17/h7-10H,4-6H2,1-3H3,(H2,18,19). The van der Waals surface area contributed by atoms with Gasteiger partial charge in [0, 0.05) is 6.04 Å². The number of halogens is 2. The molecule has 1 heterocycles. The van der Waals surface area contributed by atoms with Crippen molar-refractivity contribution in [2.24, 2.45) is 5.92 Å². The molecule has 2 rings (SSSR count). The number of anilines is 1. The highest BCUT2D eigenvalue weighted by Gasteiger charge is 2.19. The summed E-state index contributed by atoms with van der Waals surface area (Å²) in [6, 6.07) is 2.54. The monoisotopic (exact) mass is 281 g/mol. The Balaban J connectivity index is 2.33. The highest BCUT2D eigenvalue weighted by molar-refractivity contribution is 5.79. The predicted octanol–water partition coefficient (Wildman–Crippen LogP) is 4.28. The highest BCUT2D eigenvalue weighted by atomic mass is 19.2. The van der Waals surface area contributed by atoms with Gasteiger partial charge in [-0.2, -0.15) is 0 Å². The van der Waals surface area contributed by atoms with Crippen LogP contribution in [0, 0.1) is 17.6 Å². The second-order valence-corrected chi connectivity index (χ2v) is 5.74. The van der Waals surface area contributed by atoms with Crippen molar-refractivity contribution in [2.45, 2.75) is 46.1 Å². The summed E-state index contributed by atoms with van der Waals surface area (Å²) in [6.45, 7) is 6.30. The van der Waals surface area contributed by atoms with E-state index in [0.29, 0.717) is 11.4 Å². The minimum Gasteiger partial charge on any atom is -0.369 e. The lowest BCUT2D eigenvalue weighted by molar-refractivity contribution is 0.450. The van der Waals surface area contributed by atoms with Gasteiger partial charge in [0.05, 0.1) is 5.52 Å². The Bertz CT molecular complexity index is 605. The molecule has 110 valence electrons. The number of imidazole rings is 1. The molecule has 0 bridgehead atoms. The Hall–Kier alpha value is -1.65. The Kier molecular flexibility index (Phi) is 4.26. The molecule has 0 aliphatic carbocycles. The normalized spacial score (nSPS) is 13.3. The van der Waals surface area contributed by atoms with Crippen LogP contribution in [0.25, 0.3) is 11.0 Å². The fourth-order valence-corrected chi connectivity index (χ4v) is 2.54. The topological polar surface area (TPSA) is 43.8 Å². The molecule has 0 aliphatic rings. The van der Waals surface area contributed by atoms with Crippen molar-refractivity contribution in [2.75, 3.05) is 5.73 Å². The fraction of sp³-hybridized carbons (Fsp3) is 0.533. The van der Waals surface area contributed by atoms with Gasteiger partial charge in [-0.1, -0.05) is 26.7 Å². The lowest BCUT2D eigenvalue weighted by Gasteiger charge is -2.17. The first-order valence-corrected chi connectivity index (χ1v) is 7.03. The summed E-state index contributed by atoms with van der Waals surface area (Å²) in [4.78, 5) is 4.11. The van der Waals surface area contributed by atoms with E-state index in [1.807, 2.05) is 6.92 Å². The second-order valence-electron chi connectivity index (χ2n) is 5.74. The lowest BCUT2D eigenvalue weighted by atomic mass is 10.0. The first-order valence-electron chi connectivity index (χ1n) is 7.03. The van der Waals surface area contributed by atoms with Gasteiger partial charge in [-0.25, -0.2) is 13.8 Å². The van der Waals surface area contributed by atoms with Crippen LogP contribution in [0.2, 0.25) is 0 Å². The van der Waals surface area contributed by atoms with Crippen molar-refractivity contribution >= 4 is 17.0 Å². The average Bonchev–Trinajstić information content (AvgIpc) is 2.70. The number of benzene rings is 1. The molecule has 2 aromatic rings. The number of aromatic nitrogens is 2. The van der Waals surface area contributed by atoms with Crippen molar-refractivity contribution in [1.29, 1.82) is 0 Å². The van der Waals surface area contributed by atoms with Gasteiger partial charge in [0.1, 0.15) is 5.52 Å². The maximum absolute atomic E-state index is 14.0. The quantitative estimate of drug-likeness (QED) is 0.888. The number of nitrogens with two attached hydrogens (primary N) is 1. The first-order chi connectivity index (χ1) is 9.41. The zero-order chi connectivity index (χ0) is 14.9. The van der Waals surface area contributed by atoms with E-state index < -0.39 is 11.6 Å². The van der Waals surface area contributed by atoms with E-state index in [1.54, 1.807) is 4.57 Å². The third-order valence-electron chi connectivity index (χ3n) is 3.61. The van der Waals surface area contributed by atoms with Crippen LogP contribution in [0.15, 0.2) is 12.1 Å². The molecule has 0 amide bonds. The summed E-state index contributed by atoms with van der Waals surface area (Å²) in [7, 11) is 0. The minimum absolute atomic E-state index is 0.00458. The van der Waals surface area contributed by atoms with Crippen LogP contribution in [-0.2, 0) is 0 Å². The van der Waals surface area contributed by atoms with Crippen LogP contribution in [0.5, 0.6) is 0 Å². The molecule has 1 aromatic carbocycles. The summed E-state index contributed by atoms with van der Waals surface area (Å²) in [5.41, 5.74) is 6.43. The predicted molar refractivity (Wildman–Crippen MR) is 77.5 cm³/mol. The molecule has 1 unspecified atom stereocenters. The van der Waals surface area contributed by atoms with Crippen LogP contribution in [0.1, 0.15) is 46.1 Å². The first kappa shape index (κ1) is 14.8. The minimum atomic E-state index is -0.873. The molecule has 3 nitrogen and oxygen atoms in total. The third-order valence-corrected chi connectivity index (χ3v) is 3.61. The molecular formula is C15H21F2N3. The molecule has 1 aromatic heterocycles. The van der Waals surface area contributed by atoms with Crippen molar-refractivity contribution < 1.29 is 8.78 Å². The Labute approximate surface area is 117 Å². The van der Waals surface area contributed by atoms with Gasteiger partial charge in [0.25, 0.3) is 0 Å². The highest BCUT2D eigenvalue weighted by Crippen LogP contribution is 2.29. The van der Waals surface area contributed by atoms with Gasteiger partial charge in [-0.3, -0.25) is 0 Å². The summed E-state index contributed by atoms with van der Waals surface area (Å²) >= 11 is 0. The van der Waals surface area contributed by atoms with Crippen LogP contribution < -0.4 is 5.73 Å². The van der Waals surface area contributed by atoms with Crippen LogP contribution in [0.3, 0.4) is 0 Å². The third kappa shape index (κ3) is 2.76. The number of hydrogen-bond donors (Lipinski definition) is 1. The summed E-state index contributed by atoms with van der Waals surface area (Å²) in [6.07, 6.45) is 2.99. The smallest absolute Gasteiger partial charge is 0.201 e. The van der Waals surface area contributed by atoms with E-state index in [4.69, 9.17) is 5.73 Å². The molecule has 0 saturated carbocycles. The van der Waals surface area contributed by atoms with Gasteiger partial charge >= 0.3 is 0 Å². The zero-order valence-corrected chi connectivity index (χ0v) is 12.2. The number of rotatable bonds is 5. The van der Waals surface area contributed by atoms with E-state index in [0.717, 1.165) is 25.3 Å². The van der Waals surface area contributed by atoms with E-state index in [9.17, 15) is 8.78 Å². The second kappa shape index (κ2) is 5.77. The van der Waals surface area contributed by atoms with Crippen molar-refractivity contribution in [3.8, 4) is 0 Å². The zero-order valence-electron chi connectivity index (χ0n) is 12.2. The van der Waals surface area contributed by atoms with Gasteiger partial charge in [0.15, 0.2) is 11.6 Å². The average molecular weight is 281 g/mol. The Morgan fingerprint density at radius 1 is 1.20 bits per heavy atom. The van der Waals surface area contributed by atoms with Crippen molar-refractivity contribution in [3.63, 3.8) is 0 Å². The maximum Gasteiger partial charge on any atom is 0.201 e. The maximum atomic E-state index is 14.0. The van der Waals surface area contributed by atoms with Crippen molar-refractivity contribution in [3.05, 3.63) is 23.8 Å². The summed E-state index contributed by atoms with van der Waals surface area (Å²) < 4.78 is 29.0. The molecular weight excluding hydrogens is 260 g/mol. The van der Waals surface area contributed by atoms with E-state index in [1.165, 1.54) is 6.07 Å². The molecule has 2 N–H and O–H groups in total. The summed E-state index contributed by atoms with van der Waals surface area (Å²) in [5, 5.41) is 0. The SMILES string of the molecule is CC(C)CCCC(C)n1c(N)nc2ccc(F)c(F)c21. The molecule has 0 spiro atoms. The largest absolute Gasteiger partial charge is 0.369 e. The number of nitrogens with zero attached hydrogens (tertiary/aromatic N) is 2. The molecule has 0 aliphatic heterocycles.